The van der Waals surface area contributed by atoms with E-state index in [-0.39, 0.29) is 5.91 Å². The first kappa shape index (κ1) is 15.4. The highest BCUT2D eigenvalue weighted by Crippen LogP contribution is 2.27. The van der Waals surface area contributed by atoms with Crippen LogP contribution in [-0.4, -0.2) is 15.9 Å². The van der Waals surface area contributed by atoms with Crippen LogP contribution in [0.1, 0.15) is 26.5 Å². The van der Waals surface area contributed by atoms with E-state index in [1.54, 1.807) is 23.7 Å². The number of aromatic nitrogens is 2. The molecule has 0 unspecified atom stereocenters. The van der Waals surface area contributed by atoms with Gasteiger partial charge in [-0.2, -0.15) is 0 Å². The monoisotopic (exact) mass is 323 g/mol. The van der Waals surface area contributed by atoms with Crippen LogP contribution >= 0.6 is 11.3 Å². The molecule has 0 atom stereocenters. The van der Waals surface area contributed by atoms with Crippen molar-refractivity contribution in [3.63, 3.8) is 0 Å². The third-order valence-corrected chi connectivity index (χ3v) is 4.73. The third kappa shape index (κ3) is 3.63. The summed E-state index contributed by atoms with van der Waals surface area (Å²) in [7, 11) is 0. The zero-order valence-electron chi connectivity index (χ0n) is 13.0. The summed E-state index contributed by atoms with van der Waals surface area (Å²) in [6.45, 7) is 4.45. The molecule has 3 aromatic rings. The van der Waals surface area contributed by atoms with Gasteiger partial charge in [0.2, 0.25) is 0 Å². The van der Waals surface area contributed by atoms with Gasteiger partial charge in [-0.1, -0.05) is 17.7 Å². The minimum absolute atomic E-state index is 0.0688. The zero-order valence-corrected chi connectivity index (χ0v) is 13.9. The predicted molar refractivity (Wildman–Crippen MR) is 92.4 cm³/mol. The van der Waals surface area contributed by atoms with Crippen molar-refractivity contribution >= 4 is 17.2 Å². The van der Waals surface area contributed by atoms with E-state index in [4.69, 9.17) is 0 Å². The summed E-state index contributed by atoms with van der Waals surface area (Å²) in [6.07, 6.45) is 3.54. The number of benzene rings is 1. The first-order valence-electron chi connectivity index (χ1n) is 7.35. The van der Waals surface area contributed by atoms with Crippen LogP contribution in [-0.2, 0) is 6.54 Å². The van der Waals surface area contributed by atoms with Crippen molar-refractivity contribution < 1.29 is 4.79 Å². The molecule has 1 aromatic carbocycles. The van der Waals surface area contributed by atoms with Crippen molar-refractivity contribution in [2.45, 2.75) is 20.4 Å². The van der Waals surface area contributed by atoms with E-state index in [1.807, 2.05) is 50.2 Å². The molecular formula is C18H17N3OS. The number of hydrogen-bond donors (Lipinski definition) is 1. The van der Waals surface area contributed by atoms with E-state index in [1.165, 1.54) is 0 Å². The minimum atomic E-state index is -0.0688. The Balaban J connectivity index is 1.70. The molecule has 1 N–H and O–H groups in total. The average Bonchev–Trinajstić information content (AvgIpc) is 2.95. The molecule has 0 spiro atoms. The third-order valence-electron chi connectivity index (χ3n) is 3.52. The summed E-state index contributed by atoms with van der Waals surface area (Å²) < 4.78 is 0. The van der Waals surface area contributed by atoms with Crippen molar-refractivity contribution in [3.05, 3.63) is 70.5 Å². The number of carbonyl (C=O) groups is 1. The Morgan fingerprint density at radius 2 is 1.96 bits per heavy atom. The second-order valence-electron chi connectivity index (χ2n) is 5.32. The number of amides is 1. The van der Waals surface area contributed by atoms with Crippen LogP contribution in [0.4, 0.5) is 0 Å². The van der Waals surface area contributed by atoms with Gasteiger partial charge in [-0.15, -0.1) is 11.3 Å². The van der Waals surface area contributed by atoms with Crippen LogP contribution in [0, 0.1) is 13.8 Å². The molecule has 116 valence electrons. The van der Waals surface area contributed by atoms with Crippen LogP contribution in [0.5, 0.6) is 0 Å². The molecule has 4 nitrogen and oxygen atoms in total. The Bertz CT molecular complexity index is 810. The SMILES string of the molecule is Cc1ccc(C(=O)NCc2sc(-c3cccnc3)nc2C)cc1. The summed E-state index contributed by atoms with van der Waals surface area (Å²) in [5, 5.41) is 3.88. The van der Waals surface area contributed by atoms with E-state index in [0.29, 0.717) is 12.1 Å². The number of thiazole rings is 1. The fraction of sp³-hybridized carbons (Fsp3) is 0.167. The van der Waals surface area contributed by atoms with Gasteiger partial charge in [-0.25, -0.2) is 4.98 Å². The van der Waals surface area contributed by atoms with Gasteiger partial charge in [0.25, 0.3) is 5.91 Å². The molecular weight excluding hydrogens is 306 g/mol. The number of pyridine rings is 1. The van der Waals surface area contributed by atoms with Crippen LogP contribution in [0.2, 0.25) is 0 Å². The maximum Gasteiger partial charge on any atom is 0.251 e. The molecule has 0 radical (unpaired) electrons. The van der Waals surface area contributed by atoms with Crippen LogP contribution in [0.25, 0.3) is 10.6 Å². The largest absolute Gasteiger partial charge is 0.347 e. The second kappa shape index (κ2) is 6.71. The maximum atomic E-state index is 12.2. The number of hydrogen-bond acceptors (Lipinski definition) is 4. The van der Waals surface area contributed by atoms with Gasteiger partial charge >= 0.3 is 0 Å². The quantitative estimate of drug-likeness (QED) is 0.795. The topological polar surface area (TPSA) is 54.9 Å². The molecule has 1 amide bonds. The lowest BCUT2D eigenvalue weighted by molar-refractivity contribution is 0.0951. The molecule has 0 aliphatic heterocycles. The second-order valence-corrected chi connectivity index (χ2v) is 6.40. The predicted octanol–water partition coefficient (Wildman–Crippen LogP) is 3.75. The zero-order chi connectivity index (χ0) is 16.2. The van der Waals surface area contributed by atoms with Crippen molar-refractivity contribution in [3.8, 4) is 10.6 Å². The summed E-state index contributed by atoms with van der Waals surface area (Å²) >= 11 is 1.59. The normalized spacial score (nSPS) is 10.5. The van der Waals surface area contributed by atoms with Crippen LogP contribution < -0.4 is 5.32 Å². The van der Waals surface area contributed by atoms with Gasteiger partial charge < -0.3 is 5.32 Å². The fourth-order valence-corrected chi connectivity index (χ4v) is 3.16. The molecule has 2 aromatic heterocycles. The molecule has 0 aliphatic rings. The van der Waals surface area contributed by atoms with Crippen molar-refractivity contribution in [2.75, 3.05) is 0 Å². The Kier molecular flexibility index (Phi) is 4.48. The molecule has 2 heterocycles. The van der Waals surface area contributed by atoms with Gasteiger partial charge in [0, 0.05) is 28.4 Å². The summed E-state index contributed by atoms with van der Waals surface area (Å²) in [5.41, 5.74) is 3.75. The lowest BCUT2D eigenvalue weighted by Gasteiger charge is -2.04. The smallest absolute Gasteiger partial charge is 0.251 e. The van der Waals surface area contributed by atoms with Gasteiger partial charge in [0.05, 0.1) is 12.2 Å². The molecule has 0 fully saturated rings. The Hall–Kier alpha value is -2.53. The average molecular weight is 323 g/mol. The van der Waals surface area contributed by atoms with Crippen molar-refractivity contribution in [1.29, 1.82) is 0 Å². The molecule has 5 heteroatoms. The number of nitrogens with one attached hydrogen (secondary N) is 1. The first-order chi connectivity index (χ1) is 11.1. The standard InChI is InChI=1S/C18H17N3OS/c1-12-5-7-14(8-6-12)17(22)20-11-16-13(2)21-18(23-16)15-4-3-9-19-10-15/h3-10H,11H2,1-2H3,(H,20,22). The Labute approximate surface area is 139 Å². The van der Waals surface area contributed by atoms with E-state index in [9.17, 15) is 4.79 Å². The molecule has 3 rings (SSSR count). The highest BCUT2D eigenvalue weighted by Gasteiger charge is 2.11. The highest BCUT2D eigenvalue weighted by atomic mass is 32.1. The Morgan fingerprint density at radius 1 is 1.17 bits per heavy atom. The molecule has 23 heavy (non-hydrogen) atoms. The molecule has 0 aliphatic carbocycles. The number of aryl methyl sites for hydroxylation is 2. The van der Waals surface area contributed by atoms with Gasteiger partial charge in [-0.3, -0.25) is 9.78 Å². The van der Waals surface area contributed by atoms with E-state index < -0.39 is 0 Å². The summed E-state index contributed by atoms with van der Waals surface area (Å²) in [5.74, 6) is -0.0688. The van der Waals surface area contributed by atoms with Crippen molar-refractivity contribution in [2.24, 2.45) is 0 Å². The van der Waals surface area contributed by atoms with Gasteiger partial charge in [0.15, 0.2) is 0 Å². The fourth-order valence-electron chi connectivity index (χ4n) is 2.17. The molecule has 0 saturated heterocycles. The minimum Gasteiger partial charge on any atom is -0.347 e. The van der Waals surface area contributed by atoms with E-state index in [2.05, 4.69) is 15.3 Å². The van der Waals surface area contributed by atoms with Crippen molar-refractivity contribution in [1.82, 2.24) is 15.3 Å². The Morgan fingerprint density at radius 3 is 2.65 bits per heavy atom. The number of nitrogens with zero attached hydrogens (tertiary/aromatic N) is 2. The van der Waals surface area contributed by atoms with Gasteiger partial charge in [0.1, 0.15) is 5.01 Å². The lowest BCUT2D eigenvalue weighted by Crippen LogP contribution is -2.22. The van der Waals surface area contributed by atoms with Gasteiger partial charge in [-0.05, 0) is 38.1 Å². The summed E-state index contributed by atoms with van der Waals surface area (Å²) in [6, 6.07) is 11.4. The number of carbonyl (C=O) groups excluding carboxylic acids is 1. The van der Waals surface area contributed by atoms with Crippen LogP contribution in [0.3, 0.4) is 0 Å². The number of rotatable bonds is 4. The van der Waals surface area contributed by atoms with E-state index >= 15 is 0 Å². The summed E-state index contributed by atoms with van der Waals surface area (Å²) in [4.78, 5) is 21.9. The first-order valence-corrected chi connectivity index (χ1v) is 8.16. The molecule has 0 bridgehead atoms. The molecule has 0 saturated carbocycles. The highest BCUT2D eigenvalue weighted by molar-refractivity contribution is 7.15. The van der Waals surface area contributed by atoms with Crippen LogP contribution in [0.15, 0.2) is 48.8 Å². The van der Waals surface area contributed by atoms with E-state index in [0.717, 1.165) is 26.7 Å². The maximum absolute atomic E-state index is 12.2. The lowest BCUT2D eigenvalue weighted by atomic mass is 10.1.